The van der Waals surface area contributed by atoms with Gasteiger partial charge in [-0.05, 0) is 63.3 Å². The van der Waals surface area contributed by atoms with Crippen LogP contribution in [0, 0.1) is 11.8 Å². The maximum absolute atomic E-state index is 13.2. The lowest BCUT2D eigenvalue weighted by Gasteiger charge is -2.40. The first-order chi connectivity index (χ1) is 12.0. The third-order valence-corrected chi connectivity index (χ3v) is 5.91. The van der Waals surface area contributed by atoms with E-state index in [2.05, 4.69) is 19.2 Å². The zero-order chi connectivity index (χ0) is 17.8. The van der Waals surface area contributed by atoms with Crippen molar-refractivity contribution in [2.45, 2.75) is 77.3 Å². The highest BCUT2D eigenvalue weighted by molar-refractivity contribution is 5.88. The minimum Gasteiger partial charge on any atom is -0.341 e. The van der Waals surface area contributed by atoms with Gasteiger partial charge in [0, 0.05) is 32.1 Å². The summed E-state index contributed by atoms with van der Waals surface area (Å²) in [5.74, 6) is 1.68. The number of carbonyl (C=O) groups is 2. The van der Waals surface area contributed by atoms with Gasteiger partial charge in [-0.1, -0.05) is 13.8 Å². The Morgan fingerprint density at radius 2 is 1.81 bits per heavy atom. The molecule has 6 heteroatoms. The fraction of sp³-hybridized carbons (Fsp3) is 0.900. The van der Waals surface area contributed by atoms with Crippen molar-refractivity contribution in [3.8, 4) is 0 Å². The van der Waals surface area contributed by atoms with Gasteiger partial charge >= 0.3 is 0 Å². The summed E-state index contributed by atoms with van der Waals surface area (Å²) in [5.41, 5.74) is 0. The molecule has 26 heavy (non-hydrogen) atoms. The van der Waals surface area contributed by atoms with E-state index in [-0.39, 0.29) is 30.3 Å². The maximum Gasteiger partial charge on any atom is 0.245 e. The van der Waals surface area contributed by atoms with E-state index in [1.807, 2.05) is 9.80 Å². The minimum absolute atomic E-state index is 0. The van der Waals surface area contributed by atoms with Gasteiger partial charge in [0.1, 0.15) is 6.04 Å². The van der Waals surface area contributed by atoms with Gasteiger partial charge in [-0.3, -0.25) is 9.59 Å². The number of hydrogen-bond donors (Lipinski definition) is 1. The number of nitrogens with one attached hydrogen (secondary N) is 1. The third-order valence-electron chi connectivity index (χ3n) is 5.91. The van der Waals surface area contributed by atoms with Crippen molar-refractivity contribution in [3.63, 3.8) is 0 Å². The average molecular weight is 386 g/mol. The summed E-state index contributed by atoms with van der Waals surface area (Å²) in [5, 5.41) is 3.67. The Hall–Kier alpha value is -0.810. The second kappa shape index (κ2) is 9.93. The lowest BCUT2D eigenvalue weighted by molar-refractivity contribution is -0.148. The van der Waals surface area contributed by atoms with Crippen molar-refractivity contribution in [1.82, 2.24) is 15.1 Å². The molecule has 1 N–H and O–H groups in total. The van der Waals surface area contributed by atoms with Crippen LogP contribution in [0.15, 0.2) is 0 Å². The van der Waals surface area contributed by atoms with E-state index in [4.69, 9.17) is 0 Å². The predicted molar refractivity (Wildman–Crippen MR) is 106 cm³/mol. The minimum atomic E-state index is -0.247. The highest BCUT2D eigenvalue weighted by Gasteiger charge is 2.35. The standard InChI is InChI=1S/C20H35N3O2.ClH/c1-15(2)13-18(23-10-4-3-5-19(23)24)20(25)22-11-8-17(9-12-22)21-14-16-6-7-16;/h15-18,21H,3-14H2,1-2H3;1H. The Labute approximate surface area is 164 Å². The largest absolute Gasteiger partial charge is 0.341 e. The molecule has 3 aliphatic rings. The average Bonchev–Trinajstić information content (AvgIpc) is 3.43. The number of likely N-dealkylation sites (tertiary alicyclic amines) is 2. The molecule has 1 saturated carbocycles. The highest BCUT2D eigenvalue weighted by Crippen LogP contribution is 2.28. The van der Waals surface area contributed by atoms with Crippen LogP contribution >= 0.6 is 12.4 Å². The van der Waals surface area contributed by atoms with Crippen LogP contribution in [0.4, 0.5) is 0 Å². The fourth-order valence-electron chi connectivity index (χ4n) is 4.13. The first kappa shape index (κ1) is 21.5. The highest BCUT2D eigenvalue weighted by atomic mass is 35.5. The van der Waals surface area contributed by atoms with Crippen LogP contribution in [0.2, 0.25) is 0 Å². The number of carbonyl (C=O) groups excluding carboxylic acids is 2. The Bertz CT molecular complexity index is 474. The van der Waals surface area contributed by atoms with Crippen molar-refractivity contribution in [2.75, 3.05) is 26.2 Å². The van der Waals surface area contributed by atoms with Crippen molar-refractivity contribution in [1.29, 1.82) is 0 Å². The summed E-state index contributed by atoms with van der Waals surface area (Å²) in [6.45, 7) is 7.85. The maximum atomic E-state index is 13.2. The van der Waals surface area contributed by atoms with E-state index >= 15 is 0 Å². The van der Waals surface area contributed by atoms with Crippen LogP contribution in [0.25, 0.3) is 0 Å². The second-order valence-corrected chi connectivity index (χ2v) is 8.64. The molecule has 5 nitrogen and oxygen atoms in total. The smallest absolute Gasteiger partial charge is 0.245 e. The summed E-state index contributed by atoms with van der Waals surface area (Å²) in [7, 11) is 0. The molecule has 0 spiro atoms. The predicted octanol–water partition coefficient (Wildman–Crippen LogP) is 2.83. The molecule has 1 unspecified atom stereocenters. The van der Waals surface area contributed by atoms with Crippen molar-refractivity contribution in [3.05, 3.63) is 0 Å². The molecular weight excluding hydrogens is 350 g/mol. The van der Waals surface area contributed by atoms with E-state index in [9.17, 15) is 9.59 Å². The van der Waals surface area contributed by atoms with Gasteiger partial charge in [0.25, 0.3) is 0 Å². The zero-order valence-electron chi connectivity index (χ0n) is 16.4. The van der Waals surface area contributed by atoms with E-state index in [1.165, 1.54) is 12.8 Å². The number of nitrogens with zero attached hydrogens (tertiary/aromatic N) is 2. The Morgan fingerprint density at radius 3 is 2.38 bits per heavy atom. The van der Waals surface area contributed by atoms with Gasteiger partial charge in [0.15, 0.2) is 0 Å². The van der Waals surface area contributed by atoms with E-state index in [0.717, 1.165) is 64.2 Å². The molecule has 1 aliphatic carbocycles. The van der Waals surface area contributed by atoms with Crippen LogP contribution < -0.4 is 5.32 Å². The lowest BCUT2D eigenvalue weighted by atomic mass is 9.96. The monoisotopic (exact) mass is 385 g/mol. The Morgan fingerprint density at radius 1 is 1.12 bits per heavy atom. The summed E-state index contributed by atoms with van der Waals surface area (Å²) in [6.07, 6.45) is 8.23. The van der Waals surface area contributed by atoms with Gasteiger partial charge in [0.05, 0.1) is 0 Å². The van der Waals surface area contributed by atoms with E-state index in [0.29, 0.717) is 18.4 Å². The first-order valence-corrected chi connectivity index (χ1v) is 10.4. The van der Waals surface area contributed by atoms with E-state index < -0.39 is 0 Å². The zero-order valence-corrected chi connectivity index (χ0v) is 17.2. The van der Waals surface area contributed by atoms with Crippen LogP contribution in [0.1, 0.15) is 65.2 Å². The van der Waals surface area contributed by atoms with Crippen LogP contribution in [-0.2, 0) is 9.59 Å². The SMILES string of the molecule is CC(C)CC(C(=O)N1CCC(NCC2CC2)CC1)N1CCCCC1=O.Cl. The number of rotatable bonds is 7. The lowest BCUT2D eigenvalue weighted by Crippen LogP contribution is -2.55. The third kappa shape index (κ3) is 5.85. The molecule has 0 aromatic carbocycles. The molecule has 0 radical (unpaired) electrons. The molecule has 0 aromatic rings. The molecule has 3 fully saturated rings. The quantitative estimate of drug-likeness (QED) is 0.733. The van der Waals surface area contributed by atoms with Gasteiger partial charge < -0.3 is 15.1 Å². The van der Waals surface area contributed by atoms with Crippen molar-refractivity contribution < 1.29 is 9.59 Å². The molecule has 2 aliphatic heterocycles. The number of hydrogen-bond acceptors (Lipinski definition) is 3. The number of amides is 2. The topological polar surface area (TPSA) is 52.7 Å². The molecule has 150 valence electrons. The summed E-state index contributed by atoms with van der Waals surface area (Å²) >= 11 is 0. The van der Waals surface area contributed by atoms with Gasteiger partial charge in [0.2, 0.25) is 11.8 Å². The molecule has 0 aromatic heterocycles. The van der Waals surface area contributed by atoms with Crippen molar-refractivity contribution >= 4 is 24.2 Å². The summed E-state index contributed by atoms with van der Waals surface area (Å²) in [4.78, 5) is 29.4. The van der Waals surface area contributed by atoms with Gasteiger partial charge in [-0.15, -0.1) is 12.4 Å². The first-order valence-electron chi connectivity index (χ1n) is 10.4. The fourth-order valence-corrected chi connectivity index (χ4v) is 4.13. The van der Waals surface area contributed by atoms with Crippen LogP contribution in [-0.4, -0.2) is 59.9 Å². The molecule has 2 amide bonds. The van der Waals surface area contributed by atoms with E-state index in [1.54, 1.807) is 0 Å². The van der Waals surface area contributed by atoms with Crippen LogP contribution in [0.3, 0.4) is 0 Å². The van der Waals surface area contributed by atoms with Crippen LogP contribution in [0.5, 0.6) is 0 Å². The molecule has 2 saturated heterocycles. The second-order valence-electron chi connectivity index (χ2n) is 8.64. The molecule has 2 heterocycles. The summed E-state index contributed by atoms with van der Waals surface area (Å²) in [6, 6.07) is 0.314. The molecular formula is C20H36ClN3O2. The molecule has 0 bridgehead atoms. The molecule has 3 rings (SSSR count). The number of halogens is 1. The van der Waals surface area contributed by atoms with Crippen molar-refractivity contribution in [2.24, 2.45) is 11.8 Å². The Kier molecular flexibility index (Phi) is 8.21. The van der Waals surface area contributed by atoms with Gasteiger partial charge in [-0.25, -0.2) is 0 Å². The normalized spacial score (nSPS) is 23.1. The Balaban J connectivity index is 0.00000243. The summed E-state index contributed by atoms with van der Waals surface area (Å²) < 4.78 is 0. The molecule has 1 atom stereocenters. The van der Waals surface area contributed by atoms with Gasteiger partial charge in [-0.2, -0.15) is 0 Å². The number of piperidine rings is 2.